The first kappa shape index (κ1) is 13.1. The van der Waals surface area contributed by atoms with E-state index in [1.165, 1.54) is 0 Å². The number of hydrogen-bond donors (Lipinski definition) is 2. The van der Waals surface area contributed by atoms with Crippen molar-refractivity contribution < 1.29 is 9.59 Å². The van der Waals surface area contributed by atoms with Gasteiger partial charge in [-0.05, 0) is 24.1 Å². The van der Waals surface area contributed by atoms with E-state index in [4.69, 9.17) is 0 Å². The highest BCUT2D eigenvalue weighted by atomic mass is 79.9. The minimum atomic E-state index is -0.0997. The summed E-state index contributed by atoms with van der Waals surface area (Å²) >= 11 is 3.36. The number of rotatable bonds is 4. The number of amides is 2. The van der Waals surface area contributed by atoms with Gasteiger partial charge in [-0.25, -0.2) is 0 Å². The quantitative estimate of drug-likeness (QED) is 0.830. The maximum Gasteiger partial charge on any atom is 0.251 e. The molecule has 1 saturated heterocycles. The smallest absolute Gasteiger partial charge is 0.251 e. The summed E-state index contributed by atoms with van der Waals surface area (Å²) in [5, 5.41) is 6.43. The molecule has 0 bridgehead atoms. The summed E-state index contributed by atoms with van der Waals surface area (Å²) in [6.07, 6.45) is 1.35. The largest absolute Gasteiger partial charge is 0.352 e. The van der Waals surface area contributed by atoms with Crippen LogP contribution in [0.15, 0.2) is 24.3 Å². The van der Waals surface area contributed by atoms with Crippen LogP contribution in [0, 0.1) is 0 Å². The lowest BCUT2D eigenvalue weighted by atomic mass is 10.1. The van der Waals surface area contributed by atoms with E-state index in [1.54, 1.807) is 12.1 Å². The number of alkyl halides is 1. The van der Waals surface area contributed by atoms with Crippen molar-refractivity contribution in [3.8, 4) is 0 Å². The first-order valence-electron chi connectivity index (χ1n) is 5.91. The summed E-state index contributed by atoms with van der Waals surface area (Å²) < 4.78 is 0. The van der Waals surface area contributed by atoms with Crippen LogP contribution in [0.25, 0.3) is 0 Å². The van der Waals surface area contributed by atoms with Gasteiger partial charge in [-0.2, -0.15) is 0 Å². The van der Waals surface area contributed by atoms with Crippen molar-refractivity contribution >= 4 is 27.7 Å². The molecule has 2 amide bonds. The molecule has 0 aliphatic carbocycles. The van der Waals surface area contributed by atoms with E-state index >= 15 is 0 Å². The van der Waals surface area contributed by atoms with Gasteiger partial charge in [-0.3, -0.25) is 9.59 Å². The van der Waals surface area contributed by atoms with Crippen molar-refractivity contribution in [3.05, 3.63) is 35.4 Å². The van der Waals surface area contributed by atoms with Crippen molar-refractivity contribution in [2.24, 2.45) is 0 Å². The van der Waals surface area contributed by atoms with E-state index in [0.717, 1.165) is 17.3 Å². The Labute approximate surface area is 114 Å². The van der Waals surface area contributed by atoms with Crippen LogP contribution >= 0.6 is 15.9 Å². The molecule has 1 unspecified atom stereocenters. The highest BCUT2D eigenvalue weighted by Crippen LogP contribution is 2.09. The Bertz CT molecular complexity index is 445. The van der Waals surface area contributed by atoms with E-state index in [0.29, 0.717) is 18.5 Å². The molecule has 5 heteroatoms. The average molecular weight is 311 g/mol. The van der Waals surface area contributed by atoms with Gasteiger partial charge in [0, 0.05) is 29.9 Å². The molecule has 1 atom stereocenters. The standard InChI is InChI=1S/C13H15BrN2O2/c14-7-9-1-3-10(4-2-9)13(18)15-8-11-5-6-12(17)16-11/h1-4,11H,5-8H2,(H,15,18)(H,16,17). The molecule has 1 heterocycles. The fourth-order valence-corrected chi connectivity index (χ4v) is 2.27. The van der Waals surface area contributed by atoms with Gasteiger partial charge in [0.15, 0.2) is 0 Å². The monoisotopic (exact) mass is 310 g/mol. The first-order valence-corrected chi connectivity index (χ1v) is 7.03. The van der Waals surface area contributed by atoms with Gasteiger partial charge < -0.3 is 10.6 Å². The molecule has 96 valence electrons. The van der Waals surface area contributed by atoms with E-state index < -0.39 is 0 Å². The zero-order valence-corrected chi connectivity index (χ0v) is 11.5. The lowest BCUT2D eigenvalue weighted by Gasteiger charge is -2.11. The van der Waals surface area contributed by atoms with Crippen LogP contribution in [0.3, 0.4) is 0 Å². The van der Waals surface area contributed by atoms with E-state index in [9.17, 15) is 9.59 Å². The van der Waals surface area contributed by atoms with Crippen molar-refractivity contribution in [1.29, 1.82) is 0 Å². The minimum absolute atomic E-state index is 0.0657. The molecule has 1 aliphatic heterocycles. The Morgan fingerprint density at radius 3 is 2.67 bits per heavy atom. The van der Waals surface area contributed by atoms with Crippen LogP contribution < -0.4 is 10.6 Å². The van der Waals surface area contributed by atoms with Gasteiger partial charge in [0.05, 0.1) is 0 Å². The molecule has 2 rings (SSSR count). The zero-order valence-electron chi connectivity index (χ0n) is 9.91. The maximum atomic E-state index is 11.8. The van der Waals surface area contributed by atoms with Gasteiger partial charge in [0.25, 0.3) is 5.91 Å². The van der Waals surface area contributed by atoms with Crippen LogP contribution in [-0.2, 0) is 10.1 Å². The fraction of sp³-hybridized carbons (Fsp3) is 0.385. The third-order valence-electron chi connectivity index (χ3n) is 2.96. The minimum Gasteiger partial charge on any atom is -0.352 e. The lowest BCUT2D eigenvalue weighted by molar-refractivity contribution is -0.119. The Kier molecular flexibility index (Phi) is 4.36. The third kappa shape index (κ3) is 3.32. The van der Waals surface area contributed by atoms with Crippen LogP contribution in [0.5, 0.6) is 0 Å². The molecule has 1 aliphatic rings. The number of hydrogen-bond acceptors (Lipinski definition) is 2. The molecule has 0 saturated carbocycles. The predicted octanol–water partition coefficient (Wildman–Crippen LogP) is 1.59. The van der Waals surface area contributed by atoms with Gasteiger partial charge in [0.2, 0.25) is 5.91 Å². The normalized spacial score (nSPS) is 18.5. The lowest BCUT2D eigenvalue weighted by Crippen LogP contribution is -2.38. The number of nitrogens with one attached hydrogen (secondary N) is 2. The van der Waals surface area contributed by atoms with Gasteiger partial charge in [-0.15, -0.1) is 0 Å². The number of halogens is 1. The molecule has 1 fully saturated rings. The van der Waals surface area contributed by atoms with Crippen molar-refractivity contribution in [3.63, 3.8) is 0 Å². The summed E-state index contributed by atoms with van der Waals surface area (Å²) in [6.45, 7) is 0.491. The molecule has 1 aromatic carbocycles. The third-order valence-corrected chi connectivity index (χ3v) is 3.61. The molecule has 2 N–H and O–H groups in total. The van der Waals surface area contributed by atoms with Gasteiger partial charge in [-0.1, -0.05) is 28.1 Å². The molecule has 0 radical (unpaired) electrons. The molecule has 0 spiro atoms. The average Bonchev–Trinajstić information content (AvgIpc) is 2.82. The Balaban J connectivity index is 1.85. The summed E-state index contributed by atoms with van der Waals surface area (Å²) in [5.74, 6) is -0.0341. The molecule has 0 aromatic heterocycles. The topological polar surface area (TPSA) is 58.2 Å². The molecule has 1 aromatic rings. The first-order chi connectivity index (χ1) is 8.69. The Morgan fingerprint density at radius 1 is 1.39 bits per heavy atom. The highest BCUT2D eigenvalue weighted by Gasteiger charge is 2.20. The summed E-state index contributed by atoms with van der Waals surface area (Å²) in [7, 11) is 0. The zero-order chi connectivity index (χ0) is 13.0. The number of benzene rings is 1. The molecular weight excluding hydrogens is 296 g/mol. The molecule has 4 nitrogen and oxygen atoms in total. The Hall–Kier alpha value is -1.36. The van der Waals surface area contributed by atoms with E-state index in [1.807, 2.05) is 12.1 Å². The van der Waals surface area contributed by atoms with Gasteiger partial charge >= 0.3 is 0 Å². The highest BCUT2D eigenvalue weighted by molar-refractivity contribution is 9.08. The van der Waals surface area contributed by atoms with E-state index in [2.05, 4.69) is 26.6 Å². The van der Waals surface area contributed by atoms with Crippen molar-refractivity contribution in [2.45, 2.75) is 24.2 Å². The molecular formula is C13H15BrN2O2. The van der Waals surface area contributed by atoms with Crippen molar-refractivity contribution in [2.75, 3.05) is 6.54 Å². The summed E-state index contributed by atoms with van der Waals surface area (Å²) in [4.78, 5) is 22.9. The van der Waals surface area contributed by atoms with Crippen LogP contribution in [0.2, 0.25) is 0 Å². The van der Waals surface area contributed by atoms with Gasteiger partial charge in [0.1, 0.15) is 0 Å². The number of carbonyl (C=O) groups excluding carboxylic acids is 2. The summed E-state index contributed by atoms with van der Waals surface area (Å²) in [6, 6.07) is 7.52. The van der Waals surface area contributed by atoms with Crippen LogP contribution in [0.1, 0.15) is 28.8 Å². The second-order valence-corrected chi connectivity index (χ2v) is 4.90. The SMILES string of the molecule is O=C1CCC(CNC(=O)c2ccc(CBr)cc2)N1. The summed E-state index contributed by atoms with van der Waals surface area (Å²) in [5.41, 5.74) is 1.78. The molecule has 18 heavy (non-hydrogen) atoms. The second kappa shape index (κ2) is 6.00. The van der Waals surface area contributed by atoms with E-state index in [-0.39, 0.29) is 17.9 Å². The predicted molar refractivity (Wildman–Crippen MR) is 72.6 cm³/mol. The van der Waals surface area contributed by atoms with Crippen molar-refractivity contribution in [1.82, 2.24) is 10.6 Å². The Morgan fingerprint density at radius 2 is 2.11 bits per heavy atom. The number of carbonyl (C=O) groups is 2. The second-order valence-electron chi connectivity index (χ2n) is 4.34. The fourth-order valence-electron chi connectivity index (χ4n) is 1.89. The van der Waals surface area contributed by atoms with Crippen LogP contribution in [0.4, 0.5) is 0 Å². The van der Waals surface area contributed by atoms with Crippen LogP contribution in [-0.4, -0.2) is 24.4 Å². The maximum absolute atomic E-state index is 11.8.